The van der Waals surface area contributed by atoms with Crippen LogP contribution in [0, 0.1) is 0 Å². The summed E-state index contributed by atoms with van der Waals surface area (Å²) in [4.78, 5) is 49.1. The van der Waals surface area contributed by atoms with Gasteiger partial charge >= 0.3 is 17.2 Å². The third-order valence-electron chi connectivity index (χ3n) is 4.84. The van der Waals surface area contributed by atoms with Gasteiger partial charge in [-0.2, -0.15) is 0 Å². The first-order valence-corrected chi connectivity index (χ1v) is 10.1. The van der Waals surface area contributed by atoms with E-state index in [4.69, 9.17) is 13.6 Å². The summed E-state index contributed by atoms with van der Waals surface area (Å²) >= 11 is 0. The van der Waals surface area contributed by atoms with Crippen molar-refractivity contribution in [3.63, 3.8) is 0 Å². The lowest BCUT2D eigenvalue weighted by atomic mass is 10.1. The summed E-state index contributed by atoms with van der Waals surface area (Å²) in [5, 5.41) is 3.73. The number of amides is 1. The molecule has 0 unspecified atom stereocenters. The van der Waals surface area contributed by atoms with Crippen molar-refractivity contribution in [3.05, 3.63) is 86.6 Å². The molecule has 32 heavy (non-hydrogen) atoms. The van der Waals surface area contributed by atoms with E-state index in [-0.39, 0.29) is 22.5 Å². The SMILES string of the molecule is CCCCNC(=O)c1cc2ccc(OC(=O)c3cc4ccccc4oc3=O)cc2oc1=O. The Morgan fingerprint density at radius 1 is 0.875 bits per heavy atom. The van der Waals surface area contributed by atoms with E-state index in [1.807, 2.05) is 6.92 Å². The number of carbonyl (C=O) groups excluding carboxylic acids is 2. The smallest absolute Gasteiger partial charge is 0.351 e. The third-order valence-corrected chi connectivity index (χ3v) is 4.84. The molecule has 8 heteroatoms. The first-order valence-electron chi connectivity index (χ1n) is 10.1. The van der Waals surface area contributed by atoms with E-state index in [1.54, 1.807) is 30.3 Å². The Balaban J connectivity index is 1.59. The Labute approximate surface area is 181 Å². The van der Waals surface area contributed by atoms with Gasteiger partial charge in [-0.05, 0) is 36.8 Å². The summed E-state index contributed by atoms with van der Waals surface area (Å²) in [5.74, 6) is -1.34. The number of benzene rings is 2. The van der Waals surface area contributed by atoms with Crippen LogP contribution in [0.2, 0.25) is 0 Å². The fraction of sp³-hybridized carbons (Fsp3) is 0.167. The van der Waals surface area contributed by atoms with Gasteiger partial charge in [-0.15, -0.1) is 0 Å². The van der Waals surface area contributed by atoms with Crippen molar-refractivity contribution in [1.82, 2.24) is 5.32 Å². The molecule has 0 spiro atoms. The van der Waals surface area contributed by atoms with Gasteiger partial charge in [0.1, 0.15) is 28.0 Å². The van der Waals surface area contributed by atoms with Gasteiger partial charge in [-0.1, -0.05) is 31.5 Å². The van der Waals surface area contributed by atoms with E-state index < -0.39 is 23.1 Å². The molecule has 0 radical (unpaired) electrons. The van der Waals surface area contributed by atoms with Gasteiger partial charge in [0.25, 0.3) is 5.91 Å². The standard InChI is InChI=1S/C24H19NO7/c1-2-3-10-25-21(26)17-11-15-8-9-16(13-20(15)32-22(17)27)30-23(28)18-12-14-6-4-5-7-19(14)31-24(18)29/h4-9,11-13H,2-3,10H2,1H3,(H,25,26). The molecule has 0 saturated carbocycles. The predicted octanol–water partition coefficient (Wildman–Crippen LogP) is 3.65. The Morgan fingerprint density at radius 3 is 2.38 bits per heavy atom. The molecule has 2 heterocycles. The molecule has 4 aromatic rings. The maximum Gasteiger partial charge on any atom is 0.351 e. The quantitative estimate of drug-likeness (QED) is 0.214. The van der Waals surface area contributed by atoms with Crippen molar-refractivity contribution < 1.29 is 23.2 Å². The van der Waals surface area contributed by atoms with Gasteiger partial charge in [0.15, 0.2) is 0 Å². The van der Waals surface area contributed by atoms with Crippen molar-refractivity contribution in [2.45, 2.75) is 19.8 Å². The average molecular weight is 433 g/mol. The van der Waals surface area contributed by atoms with Crippen molar-refractivity contribution in [1.29, 1.82) is 0 Å². The van der Waals surface area contributed by atoms with Crippen molar-refractivity contribution in [3.8, 4) is 5.75 Å². The maximum absolute atomic E-state index is 12.5. The van der Waals surface area contributed by atoms with E-state index in [0.29, 0.717) is 22.9 Å². The average Bonchev–Trinajstić information content (AvgIpc) is 2.78. The molecule has 0 saturated heterocycles. The largest absolute Gasteiger partial charge is 0.423 e. The number of fused-ring (bicyclic) bond motifs is 2. The van der Waals surface area contributed by atoms with Crippen LogP contribution in [0.15, 0.2) is 73.0 Å². The highest BCUT2D eigenvalue weighted by atomic mass is 16.5. The number of nitrogens with one attached hydrogen (secondary N) is 1. The molecular weight excluding hydrogens is 414 g/mol. The molecule has 4 rings (SSSR count). The van der Waals surface area contributed by atoms with E-state index in [9.17, 15) is 19.2 Å². The molecule has 0 fully saturated rings. The van der Waals surface area contributed by atoms with Crippen LogP contribution in [-0.4, -0.2) is 18.4 Å². The zero-order chi connectivity index (χ0) is 22.7. The monoisotopic (exact) mass is 433 g/mol. The Bertz CT molecular complexity index is 1450. The van der Waals surface area contributed by atoms with Crippen LogP contribution in [0.4, 0.5) is 0 Å². The van der Waals surface area contributed by atoms with E-state index in [2.05, 4.69) is 5.32 Å². The summed E-state index contributed by atoms with van der Waals surface area (Å²) in [7, 11) is 0. The fourth-order valence-corrected chi connectivity index (χ4v) is 3.15. The van der Waals surface area contributed by atoms with E-state index in [1.165, 1.54) is 24.3 Å². The summed E-state index contributed by atoms with van der Waals surface area (Å²) in [6, 6.07) is 14.0. The van der Waals surface area contributed by atoms with Crippen molar-refractivity contribution >= 4 is 33.8 Å². The van der Waals surface area contributed by atoms with Crippen molar-refractivity contribution in [2.75, 3.05) is 6.54 Å². The van der Waals surface area contributed by atoms with Gasteiger partial charge in [-0.3, -0.25) is 4.79 Å². The van der Waals surface area contributed by atoms with E-state index >= 15 is 0 Å². The molecular formula is C24H19NO7. The summed E-state index contributed by atoms with van der Waals surface area (Å²) < 4.78 is 15.7. The van der Waals surface area contributed by atoms with Crippen LogP contribution in [0.5, 0.6) is 5.75 Å². The molecule has 1 N–H and O–H groups in total. The Morgan fingerprint density at radius 2 is 1.56 bits per heavy atom. The number of para-hydroxylation sites is 1. The van der Waals surface area contributed by atoms with Gasteiger partial charge in [0, 0.05) is 23.4 Å². The number of hydrogen-bond acceptors (Lipinski definition) is 7. The zero-order valence-corrected chi connectivity index (χ0v) is 17.2. The number of carbonyl (C=O) groups is 2. The highest BCUT2D eigenvalue weighted by Gasteiger charge is 2.18. The summed E-state index contributed by atoms with van der Waals surface area (Å²) in [6.07, 6.45) is 1.71. The minimum atomic E-state index is -0.905. The first kappa shape index (κ1) is 21.0. The van der Waals surface area contributed by atoms with Crippen LogP contribution in [0.3, 0.4) is 0 Å². The fourth-order valence-electron chi connectivity index (χ4n) is 3.15. The summed E-state index contributed by atoms with van der Waals surface area (Å²) in [5.41, 5.74) is -1.49. The second-order valence-electron chi connectivity index (χ2n) is 7.13. The number of ether oxygens (including phenoxy) is 1. The second-order valence-corrected chi connectivity index (χ2v) is 7.13. The van der Waals surface area contributed by atoms with Gasteiger partial charge in [0.2, 0.25) is 0 Å². The minimum absolute atomic E-state index is 0.0679. The molecule has 8 nitrogen and oxygen atoms in total. The highest BCUT2D eigenvalue weighted by Crippen LogP contribution is 2.22. The molecule has 0 atom stereocenters. The van der Waals surface area contributed by atoms with Crippen molar-refractivity contribution in [2.24, 2.45) is 0 Å². The highest BCUT2D eigenvalue weighted by molar-refractivity contribution is 5.97. The Hall–Kier alpha value is -4.20. The minimum Gasteiger partial charge on any atom is -0.423 e. The zero-order valence-electron chi connectivity index (χ0n) is 17.2. The van der Waals surface area contributed by atoms with Gasteiger partial charge < -0.3 is 18.9 Å². The molecule has 2 aromatic carbocycles. The molecule has 0 bridgehead atoms. The van der Waals surface area contributed by atoms with Crippen LogP contribution in [0.1, 0.15) is 40.5 Å². The summed E-state index contributed by atoms with van der Waals surface area (Å²) in [6.45, 7) is 2.46. The van der Waals surface area contributed by atoms with Gasteiger partial charge in [0.05, 0.1) is 0 Å². The topological polar surface area (TPSA) is 116 Å². The van der Waals surface area contributed by atoms with Crippen LogP contribution >= 0.6 is 0 Å². The Kier molecular flexibility index (Phi) is 5.85. The lowest BCUT2D eigenvalue weighted by molar-refractivity contribution is 0.0730. The molecule has 2 aromatic heterocycles. The molecule has 0 aliphatic heterocycles. The van der Waals surface area contributed by atoms with Gasteiger partial charge in [-0.25, -0.2) is 14.4 Å². The second kappa shape index (κ2) is 8.89. The number of unbranched alkanes of at least 4 members (excludes halogenated alkanes) is 1. The predicted molar refractivity (Wildman–Crippen MR) is 117 cm³/mol. The number of rotatable bonds is 6. The normalized spacial score (nSPS) is 10.9. The number of esters is 1. The van der Waals surface area contributed by atoms with Crippen LogP contribution in [-0.2, 0) is 0 Å². The number of hydrogen-bond donors (Lipinski definition) is 1. The first-order chi connectivity index (χ1) is 15.5. The lowest BCUT2D eigenvalue weighted by Gasteiger charge is -2.07. The molecule has 1 amide bonds. The van der Waals surface area contributed by atoms with E-state index in [0.717, 1.165) is 12.8 Å². The van der Waals surface area contributed by atoms with Crippen LogP contribution < -0.4 is 21.3 Å². The molecule has 162 valence electrons. The lowest BCUT2D eigenvalue weighted by Crippen LogP contribution is -2.28. The third kappa shape index (κ3) is 4.29. The molecule has 0 aliphatic carbocycles. The molecule has 0 aliphatic rings. The maximum atomic E-state index is 12.5. The van der Waals surface area contributed by atoms with Crippen LogP contribution in [0.25, 0.3) is 21.9 Å².